The van der Waals surface area contributed by atoms with E-state index in [-0.39, 0.29) is 17.7 Å². The molecule has 0 bridgehead atoms. The predicted octanol–water partition coefficient (Wildman–Crippen LogP) is 5.43. The average molecular weight is 564 g/mol. The molecule has 1 aliphatic carbocycles. The summed E-state index contributed by atoms with van der Waals surface area (Å²) in [6, 6.07) is 15.0. The number of fused-ring (bicyclic) bond motifs is 1. The smallest absolute Gasteiger partial charge is 0.253 e. The molecule has 2 heterocycles. The minimum Gasteiger partial charge on any atom is -0.366 e. The minimum atomic E-state index is -0.378. The van der Waals surface area contributed by atoms with Crippen LogP contribution in [0.15, 0.2) is 94.9 Å². The highest BCUT2D eigenvalue weighted by Gasteiger charge is 2.31. The zero-order chi connectivity index (χ0) is 27.5. The lowest BCUT2D eigenvalue weighted by atomic mass is 9.85. The summed E-state index contributed by atoms with van der Waals surface area (Å²) < 4.78 is 0. The van der Waals surface area contributed by atoms with Crippen molar-refractivity contribution in [3.05, 3.63) is 116 Å². The second-order valence-electron chi connectivity index (χ2n) is 10.2. The molecule has 2 aliphatic heterocycles. The molecule has 5 rings (SSSR count). The van der Waals surface area contributed by atoms with Gasteiger partial charge in [-0.2, -0.15) is 0 Å². The number of likely N-dealkylation sites (N-methyl/N-ethyl adjacent to an activating group) is 1. The lowest BCUT2D eigenvalue weighted by Gasteiger charge is -2.36. The molecule has 6 nitrogen and oxygen atoms in total. The number of hydrogen-bond donors (Lipinski definition) is 2. The maximum Gasteiger partial charge on any atom is 0.253 e. The van der Waals surface area contributed by atoms with Crippen molar-refractivity contribution in [2.75, 3.05) is 33.2 Å². The normalized spacial score (nSPS) is 17.7. The first-order valence-corrected chi connectivity index (χ1v) is 14.0. The van der Waals surface area contributed by atoms with E-state index in [1.54, 1.807) is 4.90 Å². The number of carbonyl (C=O) groups excluding carboxylic acids is 2. The molecule has 1 unspecified atom stereocenters. The van der Waals surface area contributed by atoms with Crippen LogP contribution in [0.3, 0.4) is 0 Å². The molecule has 8 heteroatoms. The highest BCUT2D eigenvalue weighted by molar-refractivity contribution is 6.42. The van der Waals surface area contributed by atoms with Crippen molar-refractivity contribution in [1.82, 2.24) is 15.1 Å². The van der Waals surface area contributed by atoms with Crippen LogP contribution >= 0.6 is 23.2 Å². The van der Waals surface area contributed by atoms with Gasteiger partial charge in [-0.15, -0.1) is 0 Å². The topological polar surface area (TPSA) is 78.7 Å². The first-order chi connectivity index (χ1) is 18.8. The Morgan fingerprint density at radius 2 is 1.90 bits per heavy atom. The van der Waals surface area contributed by atoms with Crippen LogP contribution in [-0.4, -0.2) is 54.8 Å². The fraction of sp³-hybridized carbons (Fsp3) is 0.290. The minimum absolute atomic E-state index is 0.0265. The highest BCUT2D eigenvalue weighted by Crippen LogP contribution is 2.36. The Labute approximate surface area is 239 Å². The second kappa shape index (κ2) is 11.8. The van der Waals surface area contributed by atoms with Crippen LogP contribution in [0, 0.1) is 0 Å². The molecule has 2 aromatic carbocycles. The molecule has 0 spiro atoms. The quantitative estimate of drug-likeness (QED) is 0.449. The molecule has 202 valence electrons. The molecular formula is C31H32Cl2N4O2. The number of halogens is 2. The van der Waals surface area contributed by atoms with Crippen LogP contribution in [0.25, 0.3) is 0 Å². The van der Waals surface area contributed by atoms with Gasteiger partial charge < -0.3 is 16.0 Å². The van der Waals surface area contributed by atoms with Crippen LogP contribution in [0.2, 0.25) is 10.0 Å². The Morgan fingerprint density at radius 1 is 1.10 bits per heavy atom. The van der Waals surface area contributed by atoms with Gasteiger partial charge in [0.05, 0.1) is 15.6 Å². The first-order valence-electron chi connectivity index (χ1n) is 13.2. The number of primary amides is 1. The van der Waals surface area contributed by atoms with Gasteiger partial charge in [0.25, 0.3) is 5.91 Å². The number of rotatable bonds is 8. The van der Waals surface area contributed by atoms with E-state index in [1.165, 1.54) is 0 Å². The monoisotopic (exact) mass is 562 g/mol. The molecule has 2 amide bonds. The zero-order valence-corrected chi connectivity index (χ0v) is 23.4. The van der Waals surface area contributed by atoms with Crippen molar-refractivity contribution in [2.24, 2.45) is 5.73 Å². The van der Waals surface area contributed by atoms with Crippen molar-refractivity contribution in [3.8, 4) is 0 Å². The van der Waals surface area contributed by atoms with E-state index in [4.69, 9.17) is 28.9 Å². The van der Waals surface area contributed by atoms with Gasteiger partial charge in [0.2, 0.25) is 5.91 Å². The Kier molecular flexibility index (Phi) is 8.26. The average Bonchev–Trinajstić information content (AvgIpc) is 2.95. The van der Waals surface area contributed by atoms with Gasteiger partial charge in [-0.3, -0.25) is 14.5 Å². The maximum atomic E-state index is 13.1. The number of hydrogen-bond acceptors (Lipinski definition) is 4. The third-order valence-corrected chi connectivity index (χ3v) is 8.36. The summed E-state index contributed by atoms with van der Waals surface area (Å²) in [5.74, 6) is -0.368. The first kappa shape index (κ1) is 27.3. The summed E-state index contributed by atoms with van der Waals surface area (Å²) in [7, 11) is 1.83. The molecule has 0 saturated carbocycles. The van der Waals surface area contributed by atoms with E-state index in [0.29, 0.717) is 34.3 Å². The SMILES string of the molecule is CN(CC(CCN1CC=C2NC3=C(CCC=C3)C(C(N)=O)=C2C1)c1ccc(Cl)c(Cl)c1)C(=O)c1ccccc1. The van der Waals surface area contributed by atoms with Crippen LogP contribution in [0.5, 0.6) is 0 Å². The number of dihydropyridines is 1. The number of benzene rings is 2. The summed E-state index contributed by atoms with van der Waals surface area (Å²) in [5, 5.41) is 4.51. The number of nitrogens with zero attached hydrogens (tertiary/aromatic N) is 2. The lowest BCUT2D eigenvalue weighted by Crippen LogP contribution is -2.40. The largest absolute Gasteiger partial charge is 0.366 e. The number of nitrogens with two attached hydrogens (primary N) is 1. The summed E-state index contributed by atoms with van der Waals surface area (Å²) in [6.07, 6.45) is 8.78. The van der Waals surface area contributed by atoms with E-state index in [1.807, 2.05) is 61.7 Å². The van der Waals surface area contributed by atoms with Gasteiger partial charge in [-0.1, -0.05) is 53.5 Å². The van der Waals surface area contributed by atoms with E-state index in [0.717, 1.165) is 60.5 Å². The number of nitrogens with one attached hydrogen (secondary N) is 1. The third-order valence-electron chi connectivity index (χ3n) is 7.62. The summed E-state index contributed by atoms with van der Waals surface area (Å²) >= 11 is 12.6. The molecule has 2 aromatic rings. The van der Waals surface area contributed by atoms with Crippen molar-refractivity contribution < 1.29 is 9.59 Å². The molecular weight excluding hydrogens is 531 g/mol. The fourth-order valence-electron chi connectivity index (χ4n) is 5.58. The van der Waals surface area contributed by atoms with Crippen molar-refractivity contribution >= 4 is 35.0 Å². The van der Waals surface area contributed by atoms with Gasteiger partial charge in [-0.05, 0) is 73.4 Å². The van der Waals surface area contributed by atoms with Crippen molar-refractivity contribution in [3.63, 3.8) is 0 Å². The lowest BCUT2D eigenvalue weighted by molar-refractivity contribution is -0.114. The summed E-state index contributed by atoms with van der Waals surface area (Å²) in [4.78, 5) is 29.7. The molecule has 0 saturated heterocycles. The van der Waals surface area contributed by atoms with E-state index in [9.17, 15) is 9.59 Å². The van der Waals surface area contributed by atoms with E-state index in [2.05, 4.69) is 22.4 Å². The van der Waals surface area contributed by atoms with Crippen molar-refractivity contribution in [2.45, 2.75) is 25.2 Å². The van der Waals surface area contributed by atoms with E-state index < -0.39 is 0 Å². The predicted molar refractivity (Wildman–Crippen MR) is 157 cm³/mol. The van der Waals surface area contributed by atoms with Gasteiger partial charge >= 0.3 is 0 Å². The second-order valence-corrected chi connectivity index (χ2v) is 11.1. The molecule has 3 N–H and O–H groups in total. The molecule has 39 heavy (non-hydrogen) atoms. The van der Waals surface area contributed by atoms with Gasteiger partial charge in [0, 0.05) is 55.1 Å². The highest BCUT2D eigenvalue weighted by atomic mass is 35.5. The molecule has 0 radical (unpaired) electrons. The molecule has 1 atom stereocenters. The standard InChI is InChI=1S/C31H32Cl2N4O2/c1-36(31(39)20-7-3-2-4-8-20)18-22(21-11-12-25(32)26(33)17-21)13-15-37-16-14-28-24(19-37)29(30(34)38)23-9-5-6-10-27(23)35-28/h2-4,6-8,10-12,14,17,22,35H,5,9,13,15-16,18-19H2,1H3,(H2,34,38). The molecule has 0 aromatic heterocycles. The van der Waals surface area contributed by atoms with Gasteiger partial charge in [-0.25, -0.2) is 0 Å². The maximum absolute atomic E-state index is 13.1. The number of carbonyl (C=O) groups is 2. The number of amides is 2. The van der Waals surface area contributed by atoms with Crippen molar-refractivity contribution in [1.29, 1.82) is 0 Å². The Morgan fingerprint density at radius 3 is 2.64 bits per heavy atom. The Bertz CT molecular complexity index is 1410. The number of allylic oxidation sites excluding steroid dienone is 2. The van der Waals surface area contributed by atoms with Gasteiger partial charge in [0.15, 0.2) is 0 Å². The summed E-state index contributed by atoms with van der Waals surface area (Å²) in [5.41, 5.74) is 12.2. The Hall–Kier alpha value is -3.32. The Balaban J connectivity index is 1.35. The van der Waals surface area contributed by atoms with Crippen LogP contribution in [0.4, 0.5) is 0 Å². The van der Waals surface area contributed by atoms with Crippen LogP contribution in [0.1, 0.15) is 41.1 Å². The van der Waals surface area contributed by atoms with E-state index >= 15 is 0 Å². The van der Waals surface area contributed by atoms with Crippen LogP contribution in [-0.2, 0) is 4.79 Å². The molecule has 0 fully saturated rings. The van der Waals surface area contributed by atoms with Gasteiger partial charge in [0.1, 0.15) is 0 Å². The molecule has 3 aliphatic rings. The fourth-order valence-corrected chi connectivity index (χ4v) is 5.88. The third kappa shape index (κ3) is 5.98. The van der Waals surface area contributed by atoms with Crippen LogP contribution < -0.4 is 11.1 Å². The summed E-state index contributed by atoms with van der Waals surface area (Å²) in [6.45, 7) is 2.67. The zero-order valence-electron chi connectivity index (χ0n) is 21.9.